The van der Waals surface area contributed by atoms with Crippen LogP contribution in [0.15, 0.2) is 57.9 Å². The molecule has 0 fully saturated rings. The van der Waals surface area contributed by atoms with E-state index >= 15 is 0 Å². The van der Waals surface area contributed by atoms with Gasteiger partial charge in [-0.05, 0) is 55.5 Å². The summed E-state index contributed by atoms with van der Waals surface area (Å²) < 4.78 is 27.6. The average Bonchev–Trinajstić information content (AvgIpc) is 2.49. The van der Waals surface area contributed by atoms with Crippen molar-refractivity contribution in [3.05, 3.63) is 58.0 Å². The van der Waals surface area contributed by atoms with Crippen LogP contribution >= 0.6 is 27.5 Å². The number of hydrogen-bond donors (Lipinski definition) is 2. The summed E-state index contributed by atoms with van der Waals surface area (Å²) >= 11 is 9.01. The summed E-state index contributed by atoms with van der Waals surface area (Å²) in [4.78, 5) is 12.2. The Balaban J connectivity index is 2.05. The van der Waals surface area contributed by atoms with Crippen LogP contribution in [-0.2, 0) is 14.8 Å². The minimum absolute atomic E-state index is 0.0897. The predicted octanol–water partition coefficient (Wildman–Crippen LogP) is 3.41. The first-order valence-electron chi connectivity index (χ1n) is 6.62. The van der Waals surface area contributed by atoms with Crippen LogP contribution in [0, 0.1) is 0 Å². The van der Waals surface area contributed by atoms with Gasteiger partial charge in [0.05, 0.1) is 10.9 Å². The summed E-state index contributed by atoms with van der Waals surface area (Å²) in [6, 6.07) is 11.7. The van der Waals surface area contributed by atoms with Crippen molar-refractivity contribution < 1.29 is 13.2 Å². The lowest BCUT2D eigenvalue weighted by molar-refractivity contribution is -0.117. The fraction of sp³-hybridized carbons (Fsp3) is 0.133. The van der Waals surface area contributed by atoms with Gasteiger partial charge < -0.3 is 5.32 Å². The number of benzene rings is 2. The summed E-state index contributed by atoms with van der Waals surface area (Å²) in [5, 5.41) is 3.17. The van der Waals surface area contributed by atoms with Crippen LogP contribution < -0.4 is 10.0 Å². The van der Waals surface area contributed by atoms with E-state index in [-0.39, 0.29) is 4.90 Å². The van der Waals surface area contributed by atoms with Gasteiger partial charge in [-0.3, -0.25) is 4.79 Å². The van der Waals surface area contributed by atoms with Crippen LogP contribution in [0.2, 0.25) is 5.02 Å². The zero-order chi connectivity index (χ0) is 17.0. The predicted molar refractivity (Wildman–Crippen MR) is 94.0 cm³/mol. The molecule has 0 heterocycles. The second kappa shape index (κ2) is 7.44. The highest BCUT2D eigenvalue weighted by Gasteiger charge is 2.22. The highest BCUT2D eigenvalue weighted by atomic mass is 79.9. The third kappa shape index (κ3) is 5.04. The third-order valence-corrected chi connectivity index (χ3v) is 5.30. The lowest BCUT2D eigenvalue weighted by Gasteiger charge is -2.14. The number of carbonyl (C=O) groups is 1. The molecule has 2 rings (SSSR count). The van der Waals surface area contributed by atoms with Crippen molar-refractivity contribution in [2.45, 2.75) is 17.9 Å². The fourth-order valence-corrected chi connectivity index (χ4v) is 3.35. The van der Waals surface area contributed by atoms with Crippen LogP contribution in [-0.4, -0.2) is 20.4 Å². The molecule has 8 heteroatoms. The molecule has 2 aromatic carbocycles. The molecule has 5 nitrogen and oxygen atoms in total. The van der Waals surface area contributed by atoms with E-state index in [0.717, 1.165) is 4.47 Å². The molecule has 0 spiro atoms. The van der Waals surface area contributed by atoms with E-state index in [9.17, 15) is 13.2 Å². The van der Waals surface area contributed by atoms with Crippen LogP contribution in [0.25, 0.3) is 0 Å². The Labute approximate surface area is 148 Å². The molecule has 0 bridgehead atoms. The van der Waals surface area contributed by atoms with Crippen molar-refractivity contribution >= 4 is 49.1 Å². The molecule has 122 valence electrons. The van der Waals surface area contributed by atoms with Gasteiger partial charge in [0.1, 0.15) is 0 Å². The number of rotatable bonds is 5. The summed E-state index contributed by atoms with van der Waals surface area (Å²) in [7, 11) is -3.77. The SMILES string of the molecule is C[C@@H](NS(=O)(=O)c1ccc(Br)cc1)C(=O)Nc1ccc(Cl)cc1. The third-order valence-electron chi connectivity index (χ3n) is 2.96. The minimum atomic E-state index is -3.77. The summed E-state index contributed by atoms with van der Waals surface area (Å²) in [6.07, 6.45) is 0. The molecule has 0 aliphatic heterocycles. The minimum Gasteiger partial charge on any atom is -0.325 e. The quantitative estimate of drug-likeness (QED) is 0.783. The number of halogens is 2. The number of hydrogen-bond acceptors (Lipinski definition) is 3. The second-order valence-electron chi connectivity index (χ2n) is 4.79. The molecule has 0 radical (unpaired) electrons. The maximum Gasteiger partial charge on any atom is 0.242 e. The lowest BCUT2D eigenvalue weighted by Crippen LogP contribution is -2.41. The summed E-state index contributed by atoms with van der Waals surface area (Å²) in [6.45, 7) is 1.47. The Morgan fingerprint density at radius 2 is 1.65 bits per heavy atom. The van der Waals surface area contributed by atoms with Crippen molar-refractivity contribution in [1.82, 2.24) is 4.72 Å². The second-order valence-corrected chi connectivity index (χ2v) is 7.86. The monoisotopic (exact) mass is 416 g/mol. The van der Waals surface area contributed by atoms with Gasteiger partial charge in [-0.15, -0.1) is 0 Å². The Hall–Kier alpha value is -1.41. The van der Waals surface area contributed by atoms with Crippen molar-refractivity contribution in [2.75, 3.05) is 5.32 Å². The lowest BCUT2D eigenvalue weighted by atomic mass is 10.3. The maximum absolute atomic E-state index is 12.2. The average molecular weight is 418 g/mol. The van der Waals surface area contributed by atoms with E-state index in [1.165, 1.54) is 19.1 Å². The molecule has 0 aromatic heterocycles. The summed E-state index contributed by atoms with van der Waals surface area (Å²) in [5.41, 5.74) is 0.536. The molecule has 0 unspecified atom stereocenters. The Morgan fingerprint density at radius 1 is 1.09 bits per heavy atom. The van der Waals surface area contributed by atoms with Gasteiger partial charge in [-0.25, -0.2) is 8.42 Å². The molecule has 1 amide bonds. The molecule has 1 atom stereocenters. The Morgan fingerprint density at radius 3 is 2.22 bits per heavy atom. The van der Waals surface area contributed by atoms with E-state index in [4.69, 9.17) is 11.6 Å². The molecule has 0 aliphatic rings. The van der Waals surface area contributed by atoms with E-state index in [2.05, 4.69) is 26.0 Å². The maximum atomic E-state index is 12.2. The number of nitrogens with one attached hydrogen (secondary N) is 2. The van der Waals surface area contributed by atoms with E-state index in [1.54, 1.807) is 36.4 Å². The van der Waals surface area contributed by atoms with Gasteiger partial charge in [0.15, 0.2) is 0 Å². The molecular weight excluding hydrogens is 404 g/mol. The van der Waals surface area contributed by atoms with Gasteiger partial charge in [-0.1, -0.05) is 27.5 Å². The van der Waals surface area contributed by atoms with Crippen LogP contribution in [0.3, 0.4) is 0 Å². The fourth-order valence-electron chi connectivity index (χ4n) is 1.75. The van der Waals surface area contributed by atoms with Crippen molar-refractivity contribution in [3.63, 3.8) is 0 Å². The van der Waals surface area contributed by atoms with Gasteiger partial charge in [0.25, 0.3) is 0 Å². The number of amides is 1. The van der Waals surface area contributed by atoms with Gasteiger partial charge in [-0.2, -0.15) is 4.72 Å². The Bertz CT molecular complexity index is 792. The first-order valence-corrected chi connectivity index (χ1v) is 9.28. The highest BCUT2D eigenvalue weighted by molar-refractivity contribution is 9.10. The zero-order valence-electron chi connectivity index (χ0n) is 12.1. The molecule has 2 aromatic rings. The summed E-state index contributed by atoms with van der Waals surface area (Å²) in [5.74, 6) is -0.465. The first-order chi connectivity index (χ1) is 10.8. The van der Waals surface area contributed by atoms with Gasteiger partial charge >= 0.3 is 0 Å². The van der Waals surface area contributed by atoms with Crippen molar-refractivity contribution in [2.24, 2.45) is 0 Å². The van der Waals surface area contributed by atoms with Crippen LogP contribution in [0.4, 0.5) is 5.69 Å². The normalized spacial score (nSPS) is 12.7. The molecular formula is C15H14BrClN2O3S. The molecule has 0 saturated carbocycles. The smallest absolute Gasteiger partial charge is 0.242 e. The van der Waals surface area contributed by atoms with Crippen LogP contribution in [0.5, 0.6) is 0 Å². The highest BCUT2D eigenvalue weighted by Crippen LogP contribution is 2.16. The number of anilines is 1. The van der Waals surface area contributed by atoms with E-state index < -0.39 is 22.0 Å². The first kappa shape index (κ1) is 17.9. The molecule has 23 heavy (non-hydrogen) atoms. The molecule has 2 N–H and O–H groups in total. The van der Waals surface area contributed by atoms with E-state index in [0.29, 0.717) is 10.7 Å². The standard InChI is InChI=1S/C15H14BrClN2O3S/c1-10(15(20)18-13-6-4-12(17)5-7-13)19-23(21,22)14-8-2-11(16)3-9-14/h2-10,19H,1H3,(H,18,20)/t10-/m1/s1. The van der Waals surface area contributed by atoms with Crippen molar-refractivity contribution in [1.29, 1.82) is 0 Å². The Kier molecular flexibility index (Phi) is 5.80. The number of carbonyl (C=O) groups excluding carboxylic acids is 1. The largest absolute Gasteiger partial charge is 0.325 e. The topological polar surface area (TPSA) is 75.3 Å². The van der Waals surface area contributed by atoms with E-state index in [1.807, 2.05) is 0 Å². The molecule has 0 saturated heterocycles. The van der Waals surface area contributed by atoms with Crippen molar-refractivity contribution in [3.8, 4) is 0 Å². The van der Waals surface area contributed by atoms with Gasteiger partial charge in [0, 0.05) is 15.2 Å². The van der Waals surface area contributed by atoms with Crippen LogP contribution in [0.1, 0.15) is 6.92 Å². The number of sulfonamides is 1. The molecule has 0 aliphatic carbocycles. The van der Waals surface area contributed by atoms with Gasteiger partial charge in [0.2, 0.25) is 15.9 Å². The zero-order valence-corrected chi connectivity index (χ0v) is 15.2.